The van der Waals surface area contributed by atoms with Gasteiger partial charge in [-0.15, -0.1) is 0 Å². The number of rotatable bonds is 3. The maximum Gasteiger partial charge on any atom is 0.372 e. The third-order valence-electron chi connectivity index (χ3n) is 1.12. The maximum absolute atomic E-state index is 10.8. The van der Waals surface area contributed by atoms with Crippen molar-refractivity contribution in [2.75, 3.05) is 0 Å². The van der Waals surface area contributed by atoms with Crippen LogP contribution in [0.15, 0.2) is 21.3 Å². The Labute approximate surface area is 71.4 Å². The number of carbonyl (C=O) groups is 2. The minimum atomic E-state index is -1.41. The second-order valence-electron chi connectivity index (χ2n) is 2.00. The molecule has 0 aliphatic carbocycles. The fraction of sp³-hybridized carbons (Fsp3) is 0. The van der Waals surface area contributed by atoms with E-state index in [4.69, 9.17) is 5.11 Å². The summed E-state index contributed by atoms with van der Waals surface area (Å²) >= 11 is 0. The molecule has 0 aliphatic rings. The van der Waals surface area contributed by atoms with Crippen LogP contribution in [0.3, 0.4) is 0 Å². The lowest BCUT2D eigenvalue weighted by Gasteiger charge is -1.96. The van der Waals surface area contributed by atoms with Crippen LogP contribution in [0, 0.1) is 0 Å². The summed E-state index contributed by atoms with van der Waals surface area (Å²) in [5.74, 6) is -2.43. The average Bonchev–Trinajstić information content (AvgIpc) is 2.03. The summed E-state index contributed by atoms with van der Waals surface area (Å²) in [5.41, 5.74) is -0.611. The van der Waals surface area contributed by atoms with E-state index in [2.05, 4.69) is 9.15 Å². The van der Waals surface area contributed by atoms with E-state index in [0.29, 0.717) is 0 Å². The molecule has 0 atom stereocenters. The Balaban J connectivity index is 3.18. The van der Waals surface area contributed by atoms with Gasteiger partial charge in [-0.1, -0.05) is 0 Å². The highest BCUT2D eigenvalue weighted by atomic mass is 16.6. The highest BCUT2D eigenvalue weighted by Gasteiger charge is 2.09. The van der Waals surface area contributed by atoms with Crippen molar-refractivity contribution < 1.29 is 23.8 Å². The monoisotopic (exact) mass is 184 g/mol. The van der Waals surface area contributed by atoms with Crippen LogP contribution in [-0.2, 0) is 4.79 Å². The van der Waals surface area contributed by atoms with Crippen molar-refractivity contribution in [2.24, 2.45) is 0 Å². The first-order valence-corrected chi connectivity index (χ1v) is 3.12. The Morgan fingerprint density at radius 2 is 2.23 bits per heavy atom. The number of hydrogen-bond acceptors (Lipinski definition) is 5. The van der Waals surface area contributed by atoms with Crippen molar-refractivity contribution in [1.82, 2.24) is 0 Å². The molecule has 0 aromatic carbocycles. The number of carboxylic acid groups (broad SMARTS) is 1. The van der Waals surface area contributed by atoms with Gasteiger partial charge in [0, 0.05) is 6.07 Å². The van der Waals surface area contributed by atoms with Crippen LogP contribution in [0.4, 0.5) is 0 Å². The smallest absolute Gasteiger partial charge is 0.372 e. The quantitative estimate of drug-likeness (QED) is 0.657. The van der Waals surface area contributed by atoms with E-state index in [-0.39, 0.29) is 6.47 Å². The molecule has 0 amide bonds. The first-order valence-electron chi connectivity index (χ1n) is 3.12. The van der Waals surface area contributed by atoms with Gasteiger partial charge in [0.05, 0.1) is 6.07 Å². The van der Waals surface area contributed by atoms with Gasteiger partial charge < -0.3 is 14.3 Å². The molecule has 1 aromatic heterocycles. The van der Waals surface area contributed by atoms with Gasteiger partial charge in [-0.3, -0.25) is 9.59 Å². The Morgan fingerprint density at radius 1 is 1.54 bits per heavy atom. The molecule has 0 bridgehead atoms. The van der Waals surface area contributed by atoms with Gasteiger partial charge in [-0.05, 0) is 0 Å². The first kappa shape index (κ1) is 8.98. The maximum atomic E-state index is 10.8. The lowest BCUT2D eigenvalue weighted by Crippen LogP contribution is -2.06. The van der Waals surface area contributed by atoms with Crippen molar-refractivity contribution in [3.63, 3.8) is 0 Å². The SMILES string of the molecule is O=COc1cc(=O)cc(C(=O)O)o1. The molecule has 0 aliphatic heterocycles. The second-order valence-corrected chi connectivity index (χ2v) is 2.00. The summed E-state index contributed by atoms with van der Waals surface area (Å²) in [7, 11) is 0. The molecule has 0 saturated carbocycles. The molecule has 6 nitrogen and oxygen atoms in total. The third-order valence-corrected chi connectivity index (χ3v) is 1.12. The van der Waals surface area contributed by atoms with Crippen LogP contribution in [-0.4, -0.2) is 17.5 Å². The van der Waals surface area contributed by atoms with Gasteiger partial charge in [0.2, 0.25) is 5.76 Å². The molecule has 1 heterocycles. The van der Waals surface area contributed by atoms with E-state index in [0.717, 1.165) is 12.1 Å². The first-order chi connectivity index (χ1) is 6.13. The van der Waals surface area contributed by atoms with E-state index in [1.165, 1.54) is 0 Å². The van der Waals surface area contributed by atoms with Crippen LogP contribution in [0.2, 0.25) is 0 Å². The van der Waals surface area contributed by atoms with Crippen LogP contribution >= 0.6 is 0 Å². The zero-order valence-electron chi connectivity index (χ0n) is 6.22. The minimum absolute atomic E-state index is 0.0317. The van der Waals surface area contributed by atoms with E-state index in [1.54, 1.807) is 0 Å². The van der Waals surface area contributed by atoms with Gasteiger partial charge >= 0.3 is 12.4 Å². The molecule has 6 heteroatoms. The standard InChI is InChI=1S/C7H4O6/c8-3-12-6-2-4(9)1-5(13-6)7(10)11/h1-3H,(H,10,11). The summed E-state index contributed by atoms with van der Waals surface area (Å²) < 4.78 is 8.67. The molecule has 1 N–H and O–H groups in total. The van der Waals surface area contributed by atoms with E-state index < -0.39 is 23.1 Å². The predicted molar refractivity (Wildman–Crippen MR) is 38.6 cm³/mol. The topological polar surface area (TPSA) is 93.8 Å². The van der Waals surface area contributed by atoms with Gasteiger partial charge in [-0.2, -0.15) is 0 Å². The van der Waals surface area contributed by atoms with Crippen molar-refractivity contribution in [1.29, 1.82) is 0 Å². The largest absolute Gasteiger partial charge is 0.475 e. The zero-order valence-corrected chi connectivity index (χ0v) is 6.22. The summed E-state index contributed by atoms with van der Waals surface area (Å²) in [4.78, 5) is 30.9. The third kappa shape index (κ3) is 2.16. The van der Waals surface area contributed by atoms with Crippen molar-refractivity contribution in [3.8, 4) is 5.95 Å². The normalized spacial score (nSPS) is 9.23. The zero-order chi connectivity index (χ0) is 9.84. The van der Waals surface area contributed by atoms with Crippen LogP contribution in [0.25, 0.3) is 0 Å². The van der Waals surface area contributed by atoms with Gasteiger partial charge in [0.1, 0.15) is 0 Å². The Kier molecular flexibility index (Phi) is 2.44. The molecule has 1 rings (SSSR count). The fourth-order valence-corrected chi connectivity index (χ4v) is 0.665. The molecular formula is C7H4O6. The van der Waals surface area contributed by atoms with Crippen molar-refractivity contribution >= 4 is 12.4 Å². The van der Waals surface area contributed by atoms with Crippen molar-refractivity contribution in [2.45, 2.75) is 0 Å². The second kappa shape index (κ2) is 3.53. The van der Waals surface area contributed by atoms with Gasteiger partial charge in [-0.25, -0.2) is 4.79 Å². The predicted octanol–water partition coefficient (Wildman–Crippen LogP) is -0.127. The van der Waals surface area contributed by atoms with Crippen molar-refractivity contribution in [3.05, 3.63) is 28.1 Å². The number of carbonyl (C=O) groups excluding carboxylic acids is 1. The average molecular weight is 184 g/mol. The van der Waals surface area contributed by atoms with Gasteiger partial charge in [0.15, 0.2) is 5.43 Å². The Bertz CT molecular complexity index is 390. The van der Waals surface area contributed by atoms with Crippen LogP contribution in [0.1, 0.15) is 10.6 Å². The molecule has 0 fully saturated rings. The molecule has 0 radical (unpaired) electrons. The van der Waals surface area contributed by atoms with Gasteiger partial charge in [0.25, 0.3) is 5.95 Å². The Hall–Kier alpha value is -2.11. The highest BCUT2D eigenvalue weighted by molar-refractivity contribution is 5.84. The molecule has 0 unspecified atom stereocenters. The molecule has 13 heavy (non-hydrogen) atoms. The molecule has 1 aromatic rings. The lowest BCUT2D eigenvalue weighted by molar-refractivity contribution is -0.121. The van der Waals surface area contributed by atoms with E-state index in [1.807, 2.05) is 0 Å². The summed E-state index contributed by atoms with van der Waals surface area (Å²) in [5, 5.41) is 8.43. The number of hydrogen-bond donors (Lipinski definition) is 1. The number of carboxylic acids is 1. The Morgan fingerprint density at radius 3 is 2.77 bits per heavy atom. The molecule has 68 valence electrons. The molecular weight excluding hydrogens is 180 g/mol. The number of aromatic carboxylic acids is 1. The van der Waals surface area contributed by atoms with E-state index in [9.17, 15) is 14.4 Å². The fourth-order valence-electron chi connectivity index (χ4n) is 0.665. The van der Waals surface area contributed by atoms with Crippen LogP contribution in [0.5, 0.6) is 5.95 Å². The molecule has 0 spiro atoms. The van der Waals surface area contributed by atoms with Crippen LogP contribution < -0.4 is 10.2 Å². The summed E-state index contributed by atoms with van der Waals surface area (Å²) in [6, 6.07) is 1.64. The van der Waals surface area contributed by atoms with E-state index >= 15 is 0 Å². The number of ether oxygens (including phenoxy) is 1. The minimum Gasteiger partial charge on any atom is -0.475 e. The summed E-state index contributed by atoms with van der Waals surface area (Å²) in [6.07, 6.45) is 0. The summed E-state index contributed by atoms with van der Waals surface area (Å²) in [6.45, 7) is 0.0317. The lowest BCUT2D eigenvalue weighted by atomic mass is 10.4. The molecule has 0 saturated heterocycles. The highest BCUT2D eigenvalue weighted by Crippen LogP contribution is 2.08.